The Morgan fingerprint density at radius 2 is 0.780 bits per heavy atom. The lowest BCUT2D eigenvalue weighted by molar-refractivity contribution is -0.145. The van der Waals surface area contributed by atoms with Crippen LogP contribution in [0.5, 0.6) is 0 Å². The van der Waals surface area contributed by atoms with Crippen molar-refractivity contribution >= 4 is 47.3 Å². The Kier molecular flexibility index (Phi) is 25.6. The molecule has 0 saturated carbocycles. The monoisotopic (exact) mass is 1260 g/mol. The minimum absolute atomic E-state index is 0.208. The Morgan fingerprint density at radius 3 is 1.09 bits per heavy atom. The van der Waals surface area contributed by atoms with Gasteiger partial charge in [0.15, 0.2) is 11.1 Å². The molecule has 8 amide bonds. The van der Waals surface area contributed by atoms with E-state index in [0.717, 1.165) is 0 Å². The van der Waals surface area contributed by atoms with Gasteiger partial charge in [0.2, 0.25) is 35.4 Å². The fraction of sp³-hybridized carbons (Fsp3) is 0.529. The number of aliphatic hydroxyl groups is 2. The number of fused-ring (bicyclic) bond motifs is 2. The Bertz CT molecular complexity index is 2760. The average molecular weight is 1260 g/mol. The number of rotatable bonds is 32. The molecule has 4 fully saturated rings. The van der Waals surface area contributed by atoms with Gasteiger partial charge in [-0.25, -0.2) is 0 Å². The maximum absolute atomic E-state index is 14.8. The van der Waals surface area contributed by atoms with Crippen molar-refractivity contribution in [1.82, 2.24) is 52.3 Å². The quantitative estimate of drug-likeness (QED) is 0.0312. The molecular weight excluding hydrogens is 1160 g/mol. The van der Waals surface area contributed by atoms with Gasteiger partial charge in [0.25, 0.3) is 11.8 Å². The first-order chi connectivity index (χ1) is 44.1. The summed E-state index contributed by atoms with van der Waals surface area (Å²) < 4.78 is 17.5. The van der Waals surface area contributed by atoms with E-state index in [1.807, 2.05) is 24.3 Å². The first-order valence-corrected chi connectivity index (χ1v) is 32.1. The fourth-order valence-corrected chi connectivity index (χ4v) is 13.1. The highest BCUT2D eigenvalue weighted by molar-refractivity contribution is 6.01. The predicted molar refractivity (Wildman–Crippen MR) is 339 cm³/mol. The van der Waals surface area contributed by atoms with Gasteiger partial charge in [0, 0.05) is 63.4 Å². The van der Waals surface area contributed by atoms with Crippen molar-refractivity contribution in [3.05, 3.63) is 144 Å². The molecule has 492 valence electrons. The fourth-order valence-electron chi connectivity index (χ4n) is 13.1. The number of amides is 8. The molecule has 0 aliphatic carbocycles. The van der Waals surface area contributed by atoms with Crippen molar-refractivity contribution in [2.24, 2.45) is 11.8 Å². The van der Waals surface area contributed by atoms with E-state index in [1.54, 1.807) is 135 Å². The van der Waals surface area contributed by atoms with Crippen molar-refractivity contribution in [3.8, 4) is 0 Å². The number of benzene rings is 4. The smallest absolute Gasteiger partial charge is 0.255 e. The van der Waals surface area contributed by atoms with Crippen molar-refractivity contribution < 1.29 is 62.8 Å². The number of carbonyl (C=O) groups is 8. The molecule has 23 heteroatoms. The molecule has 0 unspecified atom stereocenters. The average Bonchev–Trinajstić information content (AvgIpc) is 1.65. The van der Waals surface area contributed by atoms with Crippen LogP contribution >= 0.6 is 0 Å². The Hall–Kier alpha value is -7.64. The van der Waals surface area contributed by atoms with Gasteiger partial charge in [0.1, 0.15) is 24.2 Å². The number of aliphatic hydroxyl groups excluding tert-OH is 2. The van der Waals surface area contributed by atoms with Crippen LogP contribution in [0.15, 0.2) is 121 Å². The van der Waals surface area contributed by atoms with E-state index < -0.39 is 106 Å². The third-order valence-electron chi connectivity index (χ3n) is 18.4. The predicted octanol–water partition coefficient (Wildman–Crippen LogP) is 1.88. The number of nitrogens with one attached hydrogen (secondary N) is 8. The second-order valence-corrected chi connectivity index (χ2v) is 24.0. The summed E-state index contributed by atoms with van der Waals surface area (Å²) in [5, 5.41) is 44.5. The lowest BCUT2D eigenvalue weighted by atomic mass is 9.81. The number of likely N-dealkylation sites (N-methyl/N-ethyl adjacent to an activating group) is 2. The molecule has 0 radical (unpaired) electrons. The summed E-state index contributed by atoms with van der Waals surface area (Å²) in [6.45, 7) is 4.84. The number of ether oxygens (including phenoxy) is 3. The summed E-state index contributed by atoms with van der Waals surface area (Å²) >= 11 is 0. The Balaban J connectivity index is 0.801. The minimum Gasteiger partial charge on any atom is -0.396 e. The van der Waals surface area contributed by atoms with Gasteiger partial charge in [0.05, 0.1) is 38.5 Å². The van der Waals surface area contributed by atoms with Crippen LogP contribution in [0.1, 0.15) is 100 Å². The van der Waals surface area contributed by atoms with Gasteiger partial charge in [-0.1, -0.05) is 121 Å². The number of hydrogen-bond acceptors (Lipinski definition) is 15. The third kappa shape index (κ3) is 16.3. The molecule has 4 aliphatic heterocycles. The zero-order valence-corrected chi connectivity index (χ0v) is 52.7. The SMILES string of the molecule is CN[C@@H](C)C(=O)N[C@@H]1C(=O)N2[C@@H](CC[C@@H]1CO)CC[C@H]2C(=O)NC(C(=O)NCCCOCCOCCOCCCNC(=O)C(NC(=O)[C@@H]1CC[C@@H]2CC[C@H](CO)[C@H](NC(=O)[C@H](C)NC)C(=O)N21)(c1ccccc1)c1ccccc1)(c1ccccc1)c1ccccc1. The van der Waals surface area contributed by atoms with Crippen LogP contribution in [-0.2, 0) is 63.6 Å². The zero-order valence-electron chi connectivity index (χ0n) is 52.7. The maximum Gasteiger partial charge on any atom is 0.255 e. The second kappa shape index (κ2) is 33.6. The molecule has 0 bridgehead atoms. The van der Waals surface area contributed by atoms with Crippen molar-refractivity contribution in [3.63, 3.8) is 0 Å². The molecule has 4 aromatic carbocycles. The highest BCUT2D eigenvalue weighted by Crippen LogP contribution is 2.39. The van der Waals surface area contributed by atoms with E-state index >= 15 is 0 Å². The van der Waals surface area contributed by atoms with Crippen LogP contribution in [0.4, 0.5) is 0 Å². The van der Waals surface area contributed by atoms with Crippen molar-refractivity contribution in [1.29, 1.82) is 0 Å². The van der Waals surface area contributed by atoms with Crippen LogP contribution in [0.2, 0.25) is 0 Å². The van der Waals surface area contributed by atoms with Crippen LogP contribution in [-0.4, -0.2) is 196 Å². The van der Waals surface area contributed by atoms with Crippen LogP contribution < -0.4 is 42.5 Å². The maximum atomic E-state index is 14.8. The van der Waals surface area contributed by atoms with Crippen LogP contribution in [0.3, 0.4) is 0 Å². The molecular formula is C68H92N10O13. The summed E-state index contributed by atoms with van der Waals surface area (Å²) in [5.74, 6) is -4.75. The number of carbonyl (C=O) groups excluding carboxylic acids is 8. The summed E-state index contributed by atoms with van der Waals surface area (Å²) in [6.07, 6.45) is 4.69. The summed E-state index contributed by atoms with van der Waals surface area (Å²) in [5.41, 5.74) is -1.37. The molecule has 0 spiro atoms. The third-order valence-corrected chi connectivity index (χ3v) is 18.4. The molecule has 4 heterocycles. The highest BCUT2D eigenvalue weighted by atomic mass is 16.5. The van der Waals surface area contributed by atoms with Gasteiger partial charge in [-0.3, -0.25) is 38.4 Å². The summed E-state index contributed by atoms with van der Waals surface area (Å²) in [6, 6.07) is 30.1. The molecule has 91 heavy (non-hydrogen) atoms. The van der Waals surface area contributed by atoms with Gasteiger partial charge in [-0.05, 0) is 114 Å². The lowest BCUT2D eigenvalue weighted by Gasteiger charge is -2.37. The molecule has 10 atom stereocenters. The summed E-state index contributed by atoms with van der Waals surface area (Å²) in [4.78, 5) is 118. The minimum atomic E-state index is -1.71. The normalized spacial score (nSPS) is 22.3. The largest absolute Gasteiger partial charge is 0.396 e. The standard InChI is InChI=1S/C68H92N10O13/c1-45(69-3)59(81)73-57-47(43-79)27-29-53-31-33-55(77(53)63(57)85)61(83)75-67(49-19-9-5-10-20-49,50-21-11-6-12-22-50)65(87)71-35-17-37-89-39-41-91-42-40-90-38-18-36-72-66(88)68(51-23-13-7-14-24-51,52-25-15-8-16-26-52)76-62(84)56-34-32-54-30-28-48(44-80)58(64(86)78(54)56)74-60(82)46(2)70-4/h5-16,19-26,45-48,53-58,69-70,79-80H,17-18,27-44H2,1-4H3,(H,71,87)(H,72,88)(H,73,81)(H,74,82)(H,75,83)(H,76,84)/t45-,46-,47+,48+,53-,54-,55-,56-,57-,58-/m0/s1. The lowest BCUT2D eigenvalue weighted by Crippen LogP contribution is -2.62. The highest BCUT2D eigenvalue weighted by Gasteiger charge is 2.53. The zero-order chi connectivity index (χ0) is 64.9. The van der Waals surface area contributed by atoms with E-state index in [-0.39, 0.29) is 64.8 Å². The van der Waals surface area contributed by atoms with Crippen LogP contribution in [0.25, 0.3) is 0 Å². The van der Waals surface area contributed by atoms with E-state index in [0.29, 0.717) is 99.7 Å². The van der Waals surface area contributed by atoms with Gasteiger partial charge >= 0.3 is 0 Å². The van der Waals surface area contributed by atoms with E-state index in [1.165, 1.54) is 0 Å². The van der Waals surface area contributed by atoms with Crippen LogP contribution in [0, 0.1) is 11.8 Å². The molecule has 4 aromatic rings. The van der Waals surface area contributed by atoms with E-state index in [4.69, 9.17) is 14.2 Å². The Labute approximate surface area is 533 Å². The van der Waals surface area contributed by atoms with Gasteiger partial charge in [-0.15, -0.1) is 0 Å². The molecule has 10 N–H and O–H groups in total. The Morgan fingerprint density at radius 1 is 0.473 bits per heavy atom. The second-order valence-electron chi connectivity index (χ2n) is 24.0. The van der Waals surface area contributed by atoms with Crippen molar-refractivity contribution in [2.75, 3.05) is 80.0 Å². The van der Waals surface area contributed by atoms with Crippen molar-refractivity contribution in [2.45, 2.75) is 137 Å². The molecule has 23 nitrogen and oxygen atoms in total. The number of hydrogen-bond donors (Lipinski definition) is 10. The summed E-state index contributed by atoms with van der Waals surface area (Å²) in [7, 11) is 3.28. The molecule has 4 saturated heterocycles. The molecule has 4 aliphatic rings. The topological polar surface area (TPSA) is 307 Å². The van der Waals surface area contributed by atoms with Gasteiger partial charge in [-0.2, -0.15) is 0 Å². The van der Waals surface area contributed by atoms with Gasteiger partial charge < -0.3 is 76.8 Å². The number of nitrogens with zero attached hydrogens (tertiary/aromatic N) is 2. The molecule has 0 aromatic heterocycles. The first-order valence-electron chi connectivity index (χ1n) is 32.1. The first kappa shape index (κ1) is 69.3. The van der Waals surface area contributed by atoms with E-state index in [9.17, 15) is 48.6 Å². The van der Waals surface area contributed by atoms with E-state index in [2.05, 4.69) is 42.5 Å². The molecule has 8 rings (SSSR count).